The molecule has 54 heavy (non-hydrogen) atoms. The van der Waals surface area contributed by atoms with Crippen molar-refractivity contribution in [3.05, 3.63) is 53.5 Å². The predicted molar refractivity (Wildman–Crippen MR) is 200 cm³/mol. The second kappa shape index (κ2) is 15.1. The number of benzene rings is 1. The number of carbonyl (C=O) groups excluding carboxylic acids is 4. The minimum Gasteiger partial charge on any atom is -0.453 e. The minimum absolute atomic E-state index is 0.00692. The molecule has 288 valence electrons. The van der Waals surface area contributed by atoms with Gasteiger partial charge in [-0.25, -0.2) is 19.6 Å². The number of fused-ring (bicyclic) bond motifs is 2. The first kappa shape index (κ1) is 36.8. The number of hydrogen-bond donors (Lipinski definition) is 6. The number of anilines is 1. The van der Waals surface area contributed by atoms with Crippen LogP contribution in [0.1, 0.15) is 94.4 Å². The van der Waals surface area contributed by atoms with E-state index in [1.165, 1.54) is 19.8 Å². The molecule has 3 aliphatic rings. The van der Waals surface area contributed by atoms with Crippen molar-refractivity contribution in [3.63, 3.8) is 0 Å². The van der Waals surface area contributed by atoms with Crippen molar-refractivity contribution in [3.8, 4) is 11.4 Å². The number of aromatic amines is 3. The van der Waals surface area contributed by atoms with Gasteiger partial charge in [-0.3, -0.25) is 9.59 Å². The van der Waals surface area contributed by atoms with E-state index in [0.29, 0.717) is 18.9 Å². The van der Waals surface area contributed by atoms with Crippen molar-refractivity contribution in [1.82, 2.24) is 45.4 Å². The van der Waals surface area contributed by atoms with Gasteiger partial charge in [0.2, 0.25) is 11.8 Å². The standard InChI is InChI=1S/C38H50N10O6/c1-19(2)31(45-37(51)53-5)35(49)47-11-7-9-29(47)33-39-17-27(43-33)25-14-21-13-22-15-26(42-24(22)16-23(21)41-25)28-18-40-34(44-28)30-10-8-12-48(30)36(50)32(20(3)4)46-38(52)54-6/h13-14,16-20,26,29-32,41-42H,7-12,15H2,1-6H3,(H,39,43)(H,40,44)(H,45,51)(H,46,52). The summed E-state index contributed by atoms with van der Waals surface area (Å²) in [5.41, 5.74) is 5.86. The number of rotatable bonds is 10. The van der Waals surface area contributed by atoms with Gasteiger partial charge in [-0.1, -0.05) is 27.7 Å². The van der Waals surface area contributed by atoms with Crippen LogP contribution in [-0.2, 0) is 25.5 Å². The van der Waals surface area contributed by atoms with Crippen LogP contribution in [0.3, 0.4) is 0 Å². The van der Waals surface area contributed by atoms with Crippen LogP contribution in [0.25, 0.3) is 22.3 Å². The average molecular weight is 743 g/mol. The maximum Gasteiger partial charge on any atom is 0.407 e. The molecule has 0 radical (unpaired) electrons. The van der Waals surface area contributed by atoms with Crippen LogP contribution in [0.15, 0.2) is 30.6 Å². The Labute approximate surface area is 313 Å². The monoisotopic (exact) mass is 742 g/mol. The highest BCUT2D eigenvalue weighted by atomic mass is 16.5. The second-order valence-corrected chi connectivity index (χ2v) is 15.2. The molecule has 5 unspecified atom stereocenters. The molecule has 16 nitrogen and oxygen atoms in total. The number of carbonyl (C=O) groups is 4. The van der Waals surface area contributed by atoms with E-state index in [1.54, 1.807) is 11.1 Å². The van der Waals surface area contributed by atoms with Gasteiger partial charge in [0, 0.05) is 36.1 Å². The van der Waals surface area contributed by atoms with E-state index in [0.717, 1.165) is 71.6 Å². The second-order valence-electron chi connectivity index (χ2n) is 15.2. The van der Waals surface area contributed by atoms with Gasteiger partial charge in [0.15, 0.2) is 0 Å². The van der Waals surface area contributed by atoms with Crippen LogP contribution in [0.5, 0.6) is 0 Å². The molecule has 1 aromatic carbocycles. The Morgan fingerprint density at radius 1 is 0.759 bits per heavy atom. The van der Waals surface area contributed by atoms with E-state index in [-0.39, 0.29) is 41.8 Å². The van der Waals surface area contributed by atoms with E-state index in [1.807, 2.05) is 38.8 Å². The van der Waals surface area contributed by atoms with Gasteiger partial charge >= 0.3 is 12.2 Å². The highest BCUT2D eigenvalue weighted by Crippen LogP contribution is 2.39. The molecule has 6 N–H and O–H groups in total. The van der Waals surface area contributed by atoms with E-state index in [4.69, 9.17) is 19.4 Å². The average Bonchev–Trinajstić information content (AvgIpc) is 4.00. The molecule has 5 atom stereocenters. The fraction of sp³-hybridized carbons (Fsp3) is 0.526. The van der Waals surface area contributed by atoms with Gasteiger partial charge in [-0.2, -0.15) is 0 Å². The molecule has 2 fully saturated rings. The minimum atomic E-state index is -0.694. The zero-order valence-corrected chi connectivity index (χ0v) is 31.6. The Morgan fingerprint density at radius 3 is 1.91 bits per heavy atom. The van der Waals surface area contributed by atoms with Crippen LogP contribution >= 0.6 is 0 Å². The number of nitrogens with one attached hydrogen (secondary N) is 6. The van der Waals surface area contributed by atoms with Gasteiger partial charge < -0.3 is 50.2 Å². The lowest BCUT2D eigenvalue weighted by Crippen LogP contribution is -2.51. The number of methoxy groups -OCH3 is 2. The highest BCUT2D eigenvalue weighted by molar-refractivity contribution is 5.90. The topological polar surface area (TPSA) is 202 Å². The third-order valence-corrected chi connectivity index (χ3v) is 11.0. The zero-order valence-electron chi connectivity index (χ0n) is 31.6. The van der Waals surface area contributed by atoms with Gasteiger partial charge in [0.25, 0.3) is 0 Å². The number of nitrogens with zero attached hydrogens (tertiary/aromatic N) is 4. The summed E-state index contributed by atoms with van der Waals surface area (Å²) in [6, 6.07) is 4.61. The molecule has 3 aromatic heterocycles. The third-order valence-electron chi connectivity index (χ3n) is 11.0. The van der Waals surface area contributed by atoms with Crippen LogP contribution in [0.4, 0.5) is 15.3 Å². The van der Waals surface area contributed by atoms with E-state index < -0.39 is 24.3 Å². The molecule has 0 spiro atoms. The lowest BCUT2D eigenvalue weighted by Gasteiger charge is -2.30. The number of likely N-dealkylation sites (tertiary alicyclic amines) is 2. The molecule has 16 heteroatoms. The molecule has 0 saturated carbocycles. The highest BCUT2D eigenvalue weighted by Gasteiger charge is 2.39. The van der Waals surface area contributed by atoms with Gasteiger partial charge in [-0.15, -0.1) is 0 Å². The number of hydrogen-bond acceptors (Lipinski definition) is 9. The van der Waals surface area contributed by atoms with Crippen LogP contribution in [-0.4, -0.2) is 98.1 Å². The summed E-state index contributed by atoms with van der Waals surface area (Å²) in [5.74, 6) is 0.960. The summed E-state index contributed by atoms with van der Waals surface area (Å²) >= 11 is 0. The molecule has 2 saturated heterocycles. The summed E-state index contributed by atoms with van der Waals surface area (Å²) in [6.07, 6.45) is 6.42. The Balaban J connectivity index is 1.03. The van der Waals surface area contributed by atoms with E-state index >= 15 is 0 Å². The van der Waals surface area contributed by atoms with Crippen molar-refractivity contribution in [1.29, 1.82) is 0 Å². The molecule has 7 rings (SSSR count). The molecule has 6 heterocycles. The zero-order chi connectivity index (χ0) is 38.3. The summed E-state index contributed by atoms with van der Waals surface area (Å²) in [7, 11) is 2.58. The lowest BCUT2D eigenvalue weighted by molar-refractivity contribution is -0.136. The molecule has 4 aromatic rings. The Hall–Kier alpha value is -5.54. The first-order valence-electron chi connectivity index (χ1n) is 18.8. The molecule has 4 amide bonds. The summed E-state index contributed by atoms with van der Waals surface area (Å²) in [6.45, 7) is 8.79. The Morgan fingerprint density at radius 2 is 1.33 bits per heavy atom. The summed E-state index contributed by atoms with van der Waals surface area (Å²) in [4.78, 5) is 74.6. The van der Waals surface area contributed by atoms with E-state index in [2.05, 4.69) is 49.1 Å². The predicted octanol–water partition coefficient (Wildman–Crippen LogP) is 5.08. The van der Waals surface area contributed by atoms with Crippen LogP contribution < -0.4 is 16.0 Å². The number of ether oxygens (including phenoxy) is 2. The van der Waals surface area contributed by atoms with Crippen molar-refractivity contribution >= 4 is 40.6 Å². The maximum absolute atomic E-state index is 13.6. The molecule has 0 bridgehead atoms. The van der Waals surface area contributed by atoms with Gasteiger partial charge in [-0.05, 0) is 61.3 Å². The van der Waals surface area contributed by atoms with Crippen LogP contribution in [0, 0.1) is 11.8 Å². The first-order chi connectivity index (χ1) is 25.9. The number of aromatic nitrogens is 5. The fourth-order valence-electron chi connectivity index (χ4n) is 8.05. The SMILES string of the molecule is COC(=O)NC(C(=O)N1CCCC1c1ncc(-c2cc3cc4c(cc3[nH]2)NC(c2cnc(C3CCCN3C(=O)C(NC(=O)OC)C(C)C)[nH]2)C4)[nH]1)C(C)C. The molecular formula is C38H50N10O6. The third kappa shape index (κ3) is 7.08. The number of alkyl carbamates (subject to hydrolysis) is 2. The summed E-state index contributed by atoms with van der Waals surface area (Å²) in [5, 5.41) is 10.1. The number of imidazole rings is 2. The first-order valence-corrected chi connectivity index (χ1v) is 18.8. The smallest absolute Gasteiger partial charge is 0.407 e. The Bertz CT molecular complexity index is 1990. The number of H-pyrrole nitrogens is 3. The van der Waals surface area contributed by atoms with Crippen molar-refractivity contribution in [2.75, 3.05) is 32.6 Å². The van der Waals surface area contributed by atoms with Crippen molar-refractivity contribution in [2.24, 2.45) is 11.8 Å². The normalized spacial score (nSPS) is 20.6. The van der Waals surface area contributed by atoms with Gasteiger partial charge in [0.05, 0.1) is 61.8 Å². The van der Waals surface area contributed by atoms with Crippen molar-refractivity contribution in [2.45, 2.75) is 90.0 Å². The van der Waals surface area contributed by atoms with E-state index in [9.17, 15) is 19.2 Å². The van der Waals surface area contributed by atoms with Crippen molar-refractivity contribution < 1.29 is 28.7 Å². The molecule has 3 aliphatic heterocycles. The largest absolute Gasteiger partial charge is 0.453 e. The maximum atomic E-state index is 13.6. The molecular weight excluding hydrogens is 692 g/mol. The summed E-state index contributed by atoms with van der Waals surface area (Å²) < 4.78 is 9.52. The fourth-order valence-corrected chi connectivity index (χ4v) is 8.05. The molecule has 0 aliphatic carbocycles. The number of amides is 4. The lowest BCUT2D eigenvalue weighted by atomic mass is 10.0. The quantitative estimate of drug-likeness (QED) is 0.128. The Kier molecular flexibility index (Phi) is 10.3. The van der Waals surface area contributed by atoms with Gasteiger partial charge in [0.1, 0.15) is 23.7 Å². The van der Waals surface area contributed by atoms with Crippen LogP contribution in [0.2, 0.25) is 0 Å².